The fourth-order valence-electron chi connectivity index (χ4n) is 3.76. The Morgan fingerprint density at radius 1 is 1.00 bits per heavy atom. The first-order valence-electron chi connectivity index (χ1n) is 11.2. The number of imidazole rings is 1. The van der Waals surface area contributed by atoms with Gasteiger partial charge in [0.05, 0.1) is 24.6 Å². The highest BCUT2D eigenvalue weighted by Crippen LogP contribution is 2.36. The number of anilines is 1. The van der Waals surface area contributed by atoms with Crippen molar-refractivity contribution in [3.63, 3.8) is 0 Å². The molecule has 0 amide bonds. The van der Waals surface area contributed by atoms with Crippen LogP contribution in [-0.4, -0.2) is 33.1 Å². The normalized spacial score (nSPS) is 15.9. The molecule has 4 aromatic rings. The van der Waals surface area contributed by atoms with E-state index in [1.807, 2.05) is 24.3 Å². The van der Waals surface area contributed by atoms with Crippen LogP contribution in [0.3, 0.4) is 0 Å². The molecule has 0 radical (unpaired) electrons. The number of nitrogens with one attached hydrogen (secondary N) is 2. The summed E-state index contributed by atoms with van der Waals surface area (Å²) in [5.74, 6) is 1.00. The van der Waals surface area contributed by atoms with Gasteiger partial charge < -0.3 is 19.8 Å². The van der Waals surface area contributed by atoms with Gasteiger partial charge in [-0.2, -0.15) is 0 Å². The van der Waals surface area contributed by atoms with Crippen LogP contribution >= 0.6 is 0 Å². The molecular formula is C26H26FN5O2. The lowest BCUT2D eigenvalue weighted by atomic mass is 9.96. The molecule has 1 fully saturated rings. The molecule has 1 aliphatic rings. The zero-order chi connectivity index (χ0) is 23.5. The summed E-state index contributed by atoms with van der Waals surface area (Å²) in [4.78, 5) is 16.7. The Kier molecular flexibility index (Phi) is 6.08. The lowest BCUT2D eigenvalue weighted by molar-refractivity contribution is -0.229. The third-order valence-electron chi connectivity index (χ3n) is 5.59. The smallest absolute Gasteiger partial charge is 0.217 e. The van der Waals surface area contributed by atoms with Gasteiger partial charge in [-0.15, -0.1) is 0 Å². The van der Waals surface area contributed by atoms with Crippen molar-refractivity contribution in [3.8, 4) is 22.5 Å². The second kappa shape index (κ2) is 9.32. The first kappa shape index (κ1) is 22.2. The number of H-pyrrole nitrogens is 1. The van der Waals surface area contributed by atoms with Gasteiger partial charge in [0, 0.05) is 41.7 Å². The zero-order valence-corrected chi connectivity index (χ0v) is 19.1. The van der Waals surface area contributed by atoms with Gasteiger partial charge >= 0.3 is 0 Å². The molecule has 0 aliphatic carbocycles. The first-order valence-corrected chi connectivity index (χ1v) is 11.2. The molecule has 2 N–H and O–H groups in total. The molecule has 3 aromatic heterocycles. The summed E-state index contributed by atoms with van der Waals surface area (Å²) >= 11 is 0. The second-order valence-electron chi connectivity index (χ2n) is 9.11. The predicted molar refractivity (Wildman–Crippen MR) is 127 cm³/mol. The van der Waals surface area contributed by atoms with E-state index in [0.717, 1.165) is 28.2 Å². The van der Waals surface area contributed by atoms with Gasteiger partial charge in [-0.25, -0.2) is 14.4 Å². The minimum Gasteiger partial charge on any atom is -0.366 e. The number of ether oxygens (including phenoxy) is 2. The van der Waals surface area contributed by atoms with Crippen LogP contribution in [0.1, 0.15) is 31.5 Å². The number of hydrogen-bond donors (Lipinski definition) is 2. The number of pyridine rings is 2. The van der Waals surface area contributed by atoms with Gasteiger partial charge in [0.1, 0.15) is 11.6 Å². The molecule has 1 saturated heterocycles. The standard InChI is InChI=1S/C26H26FN5O2/c1-26(2)15-33-25(34-16-26)24-31-22(18-3-5-20(27)6-4-18)23(32-24)19-9-12-29-21(13-19)30-14-17-7-10-28-11-8-17/h3-13,25H,14-16H2,1-2H3,(H,29,30)(H,31,32). The van der Waals surface area contributed by atoms with E-state index in [9.17, 15) is 4.39 Å². The molecular weight excluding hydrogens is 433 g/mol. The molecule has 5 rings (SSSR count). The van der Waals surface area contributed by atoms with Crippen LogP contribution in [0.25, 0.3) is 22.5 Å². The van der Waals surface area contributed by atoms with Crippen LogP contribution in [0.4, 0.5) is 10.2 Å². The molecule has 0 atom stereocenters. The summed E-state index contributed by atoms with van der Waals surface area (Å²) in [5, 5.41) is 3.34. The van der Waals surface area contributed by atoms with Gasteiger partial charge in [-0.05, 0) is 54.1 Å². The second-order valence-corrected chi connectivity index (χ2v) is 9.11. The first-order chi connectivity index (χ1) is 16.5. The van der Waals surface area contributed by atoms with E-state index in [4.69, 9.17) is 14.5 Å². The van der Waals surface area contributed by atoms with Crippen LogP contribution in [0, 0.1) is 11.2 Å². The maximum atomic E-state index is 13.6. The lowest BCUT2D eigenvalue weighted by Gasteiger charge is -2.33. The monoisotopic (exact) mass is 459 g/mol. The molecule has 1 aliphatic heterocycles. The maximum absolute atomic E-state index is 13.6. The average molecular weight is 460 g/mol. The van der Waals surface area contributed by atoms with Crippen molar-refractivity contribution < 1.29 is 13.9 Å². The SMILES string of the molecule is CC1(C)COC(c2nc(-c3ccnc(NCc4ccncc4)c3)c(-c3ccc(F)cc3)[nH]2)OC1. The van der Waals surface area contributed by atoms with Crippen molar-refractivity contribution >= 4 is 5.82 Å². The number of aromatic nitrogens is 4. The van der Waals surface area contributed by atoms with E-state index in [1.54, 1.807) is 30.7 Å². The molecule has 1 aromatic carbocycles. The Labute approximate surface area is 197 Å². The topological polar surface area (TPSA) is 85.0 Å². The van der Waals surface area contributed by atoms with E-state index in [-0.39, 0.29) is 11.2 Å². The van der Waals surface area contributed by atoms with Gasteiger partial charge in [-0.1, -0.05) is 13.8 Å². The number of aromatic amines is 1. The maximum Gasteiger partial charge on any atom is 0.217 e. The van der Waals surface area contributed by atoms with Crippen molar-refractivity contribution in [3.05, 3.63) is 84.3 Å². The van der Waals surface area contributed by atoms with Crippen molar-refractivity contribution in [2.45, 2.75) is 26.7 Å². The minimum atomic E-state index is -0.591. The average Bonchev–Trinajstić information content (AvgIpc) is 3.29. The number of halogens is 1. The molecule has 0 spiro atoms. The van der Waals surface area contributed by atoms with E-state index in [0.29, 0.717) is 31.3 Å². The fraction of sp³-hybridized carbons (Fsp3) is 0.269. The highest BCUT2D eigenvalue weighted by atomic mass is 19.1. The summed E-state index contributed by atoms with van der Waals surface area (Å²) in [5.41, 5.74) is 4.21. The Bertz CT molecular complexity index is 1250. The summed E-state index contributed by atoms with van der Waals surface area (Å²) in [6, 6.07) is 14.1. The number of nitrogens with zero attached hydrogens (tertiary/aromatic N) is 3. The molecule has 7 nitrogen and oxygen atoms in total. The van der Waals surface area contributed by atoms with Crippen LogP contribution in [0.15, 0.2) is 67.1 Å². The van der Waals surface area contributed by atoms with Crippen LogP contribution in [0.5, 0.6) is 0 Å². The highest BCUT2D eigenvalue weighted by Gasteiger charge is 2.31. The van der Waals surface area contributed by atoms with E-state index >= 15 is 0 Å². The largest absolute Gasteiger partial charge is 0.366 e. The Balaban J connectivity index is 1.47. The quantitative estimate of drug-likeness (QED) is 0.404. The van der Waals surface area contributed by atoms with Crippen LogP contribution in [-0.2, 0) is 16.0 Å². The van der Waals surface area contributed by atoms with Gasteiger partial charge in [0.25, 0.3) is 0 Å². The molecule has 0 unspecified atom stereocenters. The molecule has 4 heterocycles. The fourth-order valence-corrected chi connectivity index (χ4v) is 3.76. The number of benzene rings is 1. The Hall–Kier alpha value is -3.62. The number of hydrogen-bond acceptors (Lipinski definition) is 6. The molecule has 34 heavy (non-hydrogen) atoms. The molecule has 8 heteroatoms. The summed E-state index contributed by atoms with van der Waals surface area (Å²) < 4.78 is 25.5. The third kappa shape index (κ3) is 4.98. The highest BCUT2D eigenvalue weighted by molar-refractivity contribution is 5.79. The van der Waals surface area contributed by atoms with E-state index < -0.39 is 6.29 Å². The Morgan fingerprint density at radius 2 is 1.74 bits per heavy atom. The number of rotatable bonds is 6. The van der Waals surface area contributed by atoms with Crippen molar-refractivity contribution in [2.24, 2.45) is 5.41 Å². The summed E-state index contributed by atoms with van der Waals surface area (Å²) in [6.07, 6.45) is 4.67. The lowest BCUT2D eigenvalue weighted by Crippen LogP contribution is -2.34. The van der Waals surface area contributed by atoms with E-state index in [2.05, 4.69) is 34.1 Å². The molecule has 0 saturated carbocycles. The van der Waals surface area contributed by atoms with Crippen LogP contribution in [0.2, 0.25) is 0 Å². The Morgan fingerprint density at radius 3 is 2.47 bits per heavy atom. The van der Waals surface area contributed by atoms with Gasteiger partial charge in [0.15, 0.2) is 5.82 Å². The van der Waals surface area contributed by atoms with Crippen molar-refractivity contribution in [1.82, 2.24) is 19.9 Å². The zero-order valence-electron chi connectivity index (χ0n) is 19.1. The van der Waals surface area contributed by atoms with Crippen LogP contribution < -0.4 is 5.32 Å². The molecule has 0 bridgehead atoms. The third-order valence-corrected chi connectivity index (χ3v) is 5.59. The minimum absolute atomic E-state index is 0.0494. The van der Waals surface area contributed by atoms with Gasteiger partial charge in [-0.3, -0.25) is 4.98 Å². The molecule has 174 valence electrons. The predicted octanol–water partition coefficient (Wildman–Crippen LogP) is 5.36. The van der Waals surface area contributed by atoms with Crippen molar-refractivity contribution in [1.29, 1.82) is 0 Å². The van der Waals surface area contributed by atoms with E-state index in [1.165, 1.54) is 12.1 Å². The summed E-state index contributed by atoms with van der Waals surface area (Å²) in [7, 11) is 0. The summed E-state index contributed by atoms with van der Waals surface area (Å²) in [6.45, 7) is 5.95. The van der Waals surface area contributed by atoms with Crippen molar-refractivity contribution in [2.75, 3.05) is 18.5 Å². The van der Waals surface area contributed by atoms with Gasteiger partial charge in [0.2, 0.25) is 6.29 Å².